The van der Waals surface area contributed by atoms with E-state index in [-0.39, 0.29) is 17.0 Å². The van der Waals surface area contributed by atoms with Gasteiger partial charge < -0.3 is 10.4 Å². The van der Waals surface area contributed by atoms with Crippen LogP contribution in [0.15, 0.2) is 18.2 Å². The molecule has 0 bridgehead atoms. The second kappa shape index (κ2) is 5.17. The Labute approximate surface area is 114 Å². The number of rotatable bonds is 4. The van der Waals surface area contributed by atoms with Crippen molar-refractivity contribution < 1.29 is 19.1 Å². The maximum absolute atomic E-state index is 12.9. The minimum atomic E-state index is -0.954. The molecule has 0 spiro atoms. The number of halogens is 2. The van der Waals surface area contributed by atoms with Crippen molar-refractivity contribution in [2.24, 2.45) is 0 Å². The van der Waals surface area contributed by atoms with Gasteiger partial charge in [-0.2, -0.15) is 0 Å². The number of hydrogen-bond acceptors (Lipinski definition) is 2. The van der Waals surface area contributed by atoms with Gasteiger partial charge in [0.25, 0.3) is 5.91 Å². The second-order valence-electron chi connectivity index (χ2n) is 4.78. The van der Waals surface area contributed by atoms with Gasteiger partial charge in [-0.25, -0.2) is 4.39 Å². The van der Waals surface area contributed by atoms with Crippen LogP contribution in [0.3, 0.4) is 0 Å². The molecule has 1 aliphatic carbocycles. The van der Waals surface area contributed by atoms with Crippen molar-refractivity contribution in [1.82, 2.24) is 5.32 Å². The van der Waals surface area contributed by atoms with Crippen molar-refractivity contribution >= 4 is 23.5 Å². The maximum Gasteiger partial charge on any atom is 0.305 e. The maximum atomic E-state index is 12.9. The number of carbonyl (C=O) groups excluding carboxylic acids is 1. The van der Waals surface area contributed by atoms with Crippen molar-refractivity contribution in [3.8, 4) is 0 Å². The molecular weight excluding hydrogens is 273 g/mol. The van der Waals surface area contributed by atoms with Crippen LogP contribution in [0.1, 0.15) is 36.0 Å². The van der Waals surface area contributed by atoms with Crippen LogP contribution in [0, 0.1) is 5.82 Å². The average molecular weight is 286 g/mol. The predicted molar refractivity (Wildman–Crippen MR) is 67.7 cm³/mol. The zero-order valence-electron chi connectivity index (χ0n) is 10.1. The molecule has 0 aliphatic heterocycles. The van der Waals surface area contributed by atoms with Crippen LogP contribution in [0.25, 0.3) is 0 Å². The summed E-state index contributed by atoms with van der Waals surface area (Å²) in [6.45, 7) is 0. The van der Waals surface area contributed by atoms with Crippen molar-refractivity contribution in [3.05, 3.63) is 34.6 Å². The highest BCUT2D eigenvalue weighted by Crippen LogP contribution is 2.35. The smallest absolute Gasteiger partial charge is 0.305 e. The Balaban J connectivity index is 2.13. The molecule has 1 saturated carbocycles. The number of amides is 1. The summed E-state index contributed by atoms with van der Waals surface area (Å²) in [4.78, 5) is 22.9. The van der Waals surface area contributed by atoms with E-state index in [2.05, 4.69) is 5.32 Å². The van der Waals surface area contributed by atoms with Gasteiger partial charge in [-0.05, 0) is 37.5 Å². The average Bonchev–Trinajstić information content (AvgIpc) is 2.25. The fraction of sp³-hybridized carbons (Fsp3) is 0.385. The van der Waals surface area contributed by atoms with E-state index in [4.69, 9.17) is 16.7 Å². The summed E-state index contributed by atoms with van der Waals surface area (Å²) >= 11 is 5.80. The van der Waals surface area contributed by atoms with E-state index in [0.29, 0.717) is 12.8 Å². The lowest BCUT2D eigenvalue weighted by atomic mass is 9.74. The molecule has 2 N–H and O–H groups in total. The van der Waals surface area contributed by atoms with Gasteiger partial charge in [-0.15, -0.1) is 0 Å². The summed E-state index contributed by atoms with van der Waals surface area (Å²) in [6, 6.07) is 3.49. The zero-order valence-corrected chi connectivity index (χ0v) is 10.8. The van der Waals surface area contributed by atoms with Gasteiger partial charge in [0, 0.05) is 0 Å². The number of hydrogen-bond donors (Lipinski definition) is 2. The number of benzene rings is 1. The third kappa shape index (κ3) is 3.04. The highest BCUT2D eigenvalue weighted by atomic mass is 35.5. The van der Waals surface area contributed by atoms with Gasteiger partial charge in [-0.3, -0.25) is 9.59 Å². The van der Waals surface area contributed by atoms with Gasteiger partial charge >= 0.3 is 5.97 Å². The van der Waals surface area contributed by atoms with E-state index in [9.17, 15) is 14.0 Å². The molecule has 0 atom stereocenters. The molecule has 1 aromatic rings. The van der Waals surface area contributed by atoms with Gasteiger partial charge in [0.2, 0.25) is 0 Å². The lowest BCUT2D eigenvalue weighted by Gasteiger charge is -2.41. The molecule has 4 nitrogen and oxygen atoms in total. The van der Waals surface area contributed by atoms with E-state index in [1.807, 2.05) is 0 Å². The minimum Gasteiger partial charge on any atom is -0.481 e. The van der Waals surface area contributed by atoms with E-state index < -0.39 is 23.2 Å². The molecule has 0 saturated heterocycles. The predicted octanol–water partition coefficient (Wildman–Crippen LogP) is 2.61. The summed E-state index contributed by atoms with van der Waals surface area (Å²) in [7, 11) is 0. The third-order valence-corrected chi connectivity index (χ3v) is 3.67. The molecule has 1 amide bonds. The Morgan fingerprint density at radius 3 is 2.58 bits per heavy atom. The Hall–Kier alpha value is -1.62. The van der Waals surface area contributed by atoms with E-state index in [0.717, 1.165) is 18.6 Å². The van der Waals surface area contributed by atoms with Crippen molar-refractivity contribution in [1.29, 1.82) is 0 Å². The summed E-state index contributed by atoms with van der Waals surface area (Å²) in [5.41, 5.74) is -0.541. The fourth-order valence-electron chi connectivity index (χ4n) is 2.22. The van der Waals surface area contributed by atoms with Crippen molar-refractivity contribution in [3.63, 3.8) is 0 Å². The molecule has 0 unspecified atom stereocenters. The summed E-state index contributed by atoms with van der Waals surface area (Å²) in [5, 5.41) is 11.6. The molecule has 19 heavy (non-hydrogen) atoms. The number of aliphatic carboxylic acids is 1. The van der Waals surface area contributed by atoms with Crippen LogP contribution < -0.4 is 5.32 Å². The van der Waals surface area contributed by atoms with Crippen molar-refractivity contribution in [2.45, 2.75) is 31.2 Å². The Morgan fingerprint density at radius 2 is 2.11 bits per heavy atom. The molecule has 0 radical (unpaired) electrons. The Kier molecular flexibility index (Phi) is 3.75. The zero-order chi connectivity index (χ0) is 14.0. The van der Waals surface area contributed by atoms with Gasteiger partial charge in [0.05, 0.1) is 22.5 Å². The molecule has 1 fully saturated rings. The first kappa shape index (κ1) is 13.8. The summed E-state index contributed by atoms with van der Waals surface area (Å²) < 4.78 is 12.9. The molecule has 1 aromatic carbocycles. The molecule has 0 aromatic heterocycles. The summed E-state index contributed by atoms with van der Waals surface area (Å²) in [5.74, 6) is -1.94. The molecule has 1 aliphatic rings. The topological polar surface area (TPSA) is 66.4 Å². The standard InChI is InChI=1S/C13H13ClFNO3/c14-10-6-8(15)2-3-9(10)12(19)16-13(4-1-5-13)7-11(17)18/h2-3,6H,1,4-5,7H2,(H,16,19)(H,17,18). The van der Waals surface area contributed by atoms with Gasteiger partial charge in [0.1, 0.15) is 5.82 Å². The van der Waals surface area contributed by atoms with Gasteiger partial charge in [-0.1, -0.05) is 11.6 Å². The van der Waals surface area contributed by atoms with Crippen LogP contribution in [0.4, 0.5) is 4.39 Å². The van der Waals surface area contributed by atoms with Crippen LogP contribution in [0.5, 0.6) is 0 Å². The SMILES string of the molecule is O=C(O)CC1(NC(=O)c2ccc(F)cc2Cl)CCC1. The van der Waals surface area contributed by atoms with Crippen LogP contribution in [-0.4, -0.2) is 22.5 Å². The largest absolute Gasteiger partial charge is 0.481 e. The first-order valence-electron chi connectivity index (χ1n) is 5.91. The summed E-state index contributed by atoms with van der Waals surface area (Å²) in [6.07, 6.45) is 2.02. The quantitative estimate of drug-likeness (QED) is 0.893. The molecule has 2 rings (SSSR count). The van der Waals surface area contributed by atoms with Crippen molar-refractivity contribution in [2.75, 3.05) is 0 Å². The molecule has 102 valence electrons. The highest BCUT2D eigenvalue weighted by molar-refractivity contribution is 6.33. The Bertz CT molecular complexity index is 529. The number of nitrogens with one attached hydrogen (secondary N) is 1. The molecular formula is C13H13ClFNO3. The fourth-order valence-corrected chi connectivity index (χ4v) is 2.47. The third-order valence-electron chi connectivity index (χ3n) is 3.35. The van der Waals surface area contributed by atoms with Gasteiger partial charge in [0.15, 0.2) is 0 Å². The monoisotopic (exact) mass is 285 g/mol. The van der Waals surface area contributed by atoms with E-state index in [1.165, 1.54) is 6.07 Å². The van der Waals surface area contributed by atoms with Crippen LogP contribution in [0.2, 0.25) is 5.02 Å². The van der Waals surface area contributed by atoms with E-state index in [1.54, 1.807) is 0 Å². The molecule has 0 heterocycles. The highest BCUT2D eigenvalue weighted by Gasteiger charge is 2.40. The number of carbonyl (C=O) groups is 2. The lowest BCUT2D eigenvalue weighted by Crippen LogP contribution is -2.54. The first-order valence-corrected chi connectivity index (χ1v) is 6.29. The normalized spacial score (nSPS) is 16.5. The number of carboxylic acid groups (broad SMARTS) is 1. The Morgan fingerprint density at radius 1 is 1.42 bits per heavy atom. The van der Waals surface area contributed by atoms with Crippen LogP contribution >= 0.6 is 11.6 Å². The van der Waals surface area contributed by atoms with E-state index >= 15 is 0 Å². The minimum absolute atomic E-state index is 0.0160. The molecule has 6 heteroatoms. The van der Waals surface area contributed by atoms with Crippen LogP contribution in [-0.2, 0) is 4.79 Å². The second-order valence-corrected chi connectivity index (χ2v) is 5.19. The number of carboxylic acids is 1. The first-order chi connectivity index (χ1) is 8.92. The lowest BCUT2D eigenvalue weighted by molar-refractivity contribution is -0.139.